The van der Waals surface area contributed by atoms with E-state index in [4.69, 9.17) is 9.84 Å². The minimum absolute atomic E-state index is 0.220. The minimum Gasteiger partial charge on any atom is -0.478 e. The van der Waals surface area contributed by atoms with Gasteiger partial charge in [0.15, 0.2) is 0 Å². The van der Waals surface area contributed by atoms with Gasteiger partial charge in [0.05, 0.1) is 24.5 Å². The molecule has 0 aliphatic heterocycles. The van der Waals surface area contributed by atoms with Gasteiger partial charge in [0.25, 0.3) is 0 Å². The van der Waals surface area contributed by atoms with Crippen LogP contribution in [0.5, 0.6) is 0 Å². The van der Waals surface area contributed by atoms with Crippen molar-refractivity contribution in [3.05, 3.63) is 53.9 Å². The van der Waals surface area contributed by atoms with E-state index in [9.17, 15) is 4.79 Å². The molecule has 1 saturated carbocycles. The maximum atomic E-state index is 10.2. The molecule has 0 bridgehead atoms. The Kier molecular flexibility index (Phi) is 5.51. The van der Waals surface area contributed by atoms with Crippen molar-refractivity contribution in [1.29, 1.82) is 0 Å². The molecule has 3 rings (SSSR count). The summed E-state index contributed by atoms with van der Waals surface area (Å²) in [6.45, 7) is 0.783. The molecular weight excluding hydrogens is 268 g/mol. The molecule has 1 fully saturated rings. The van der Waals surface area contributed by atoms with Crippen molar-refractivity contribution in [2.24, 2.45) is 7.05 Å². The van der Waals surface area contributed by atoms with E-state index in [0.29, 0.717) is 6.10 Å². The highest BCUT2D eigenvalue weighted by Crippen LogP contribution is 2.22. The lowest BCUT2D eigenvalue weighted by atomic mass is 9.96. The van der Waals surface area contributed by atoms with Crippen molar-refractivity contribution in [3.63, 3.8) is 0 Å². The van der Waals surface area contributed by atoms with Crippen molar-refractivity contribution in [1.82, 2.24) is 9.78 Å². The fourth-order valence-corrected chi connectivity index (χ4v) is 1.86. The molecule has 5 nitrogen and oxygen atoms in total. The van der Waals surface area contributed by atoms with E-state index in [-0.39, 0.29) is 5.56 Å². The summed E-state index contributed by atoms with van der Waals surface area (Å²) in [7, 11) is 1.67. The van der Waals surface area contributed by atoms with Gasteiger partial charge in [-0.3, -0.25) is 4.68 Å². The Balaban J connectivity index is 0.000000161. The maximum absolute atomic E-state index is 10.2. The van der Waals surface area contributed by atoms with Gasteiger partial charge >= 0.3 is 5.97 Å². The van der Waals surface area contributed by atoms with Crippen molar-refractivity contribution in [3.8, 4) is 0 Å². The number of rotatable bonds is 4. The van der Waals surface area contributed by atoms with Crippen LogP contribution in [-0.4, -0.2) is 27.0 Å². The Morgan fingerprint density at radius 3 is 2.52 bits per heavy atom. The van der Waals surface area contributed by atoms with Gasteiger partial charge in [-0.2, -0.15) is 5.10 Å². The van der Waals surface area contributed by atoms with Gasteiger partial charge in [-0.15, -0.1) is 0 Å². The third kappa shape index (κ3) is 5.04. The standard InChI is InChI=1S/C11H14O.C5H6N2O2/c1-2-5-10(6-3-1)9-12-11-7-4-8-11;1-7-3-4(2-6-7)5(8)9/h1-3,5-6,11H,4,7-9H2;2-3H,1H3,(H,8,9). The Labute approximate surface area is 124 Å². The number of aromatic nitrogens is 2. The quantitative estimate of drug-likeness (QED) is 0.939. The SMILES string of the molecule is Cn1cc(C(=O)O)cn1.c1ccc(COC2CCC2)cc1. The van der Waals surface area contributed by atoms with Gasteiger partial charge in [0, 0.05) is 13.2 Å². The molecule has 1 aromatic carbocycles. The molecule has 1 N–H and O–H groups in total. The lowest BCUT2D eigenvalue weighted by Gasteiger charge is -2.25. The minimum atomic E-state index is -0.942. The number of carboxylic acids is 1. The predicted molar refractivity (Wildman–Crippen MR) is 79.0 cm³/mol. The Morgan fingerprint density at radius 2 is 2.10 bits per heavy atom. The number of carbonyl (C=O) groups is 1. The van der Waals surface area contributed by atoms with Crippen LogP contribution >= 0.6 is 0 Å². The Hall–Kier alpha value is -2.14. The molecule has 0 radical (unpaired) electrons. The van der Waals surface area contributed by atoms with Crippen LogP contribution in [0.2, 0.25) is 0 Å². The first-order valence-corrected chi connectivity index (χ1v) is 7.02. The summed E-state index contributed by atoms with van der Waals surface area (Å²) >= 11 is 0. The molecule has 5 heteroatoms. The van der Waals surface area contributed by atoms with Crippen molar-refractivity contribution in [2.45, 2.75) is 32.0 Å². The molecule has 0 amide bonds. The highest BCUT2D eigenvalue weighted by Gasteiger charge is 2.17. The number of carboxylic acid groups (broad SMARTS) is 1. The molecular formula is C16H20N2O3. The summed E-state index contributed by atoms with van der Waals surface area (Å²) in [5.41, 5.74) is 1.50. The smallest absolute Gasteiger partial charge is 0.338 e. The largest absolute Gasteiger partial charge is 0.478 e. The summed E-state index contributed by atoms with van der Waals surface area (Å²) in [5.74, 6) is -0.942. The number of aromatic carboxylic acids is 1. The van der Waals surface area contributed by atoms with Crippen LogP contribution in [0.15, 0.2) is 42.7 Å². The molecule has 1 aliphatic carbocycles. The summed E-state index contributed by atoms with van der Waals surface area (Å²) in [6, 6.07) is 10.4. The normalized spacial score (nSPS) is 14.0. The van der Waals surface area contributed by atoms with Crippen LogP contribution in [0, 0.1) is 0 Å². The molecule has 0 atom stereocenters. The highest BCUT2D eigenvalue weighted by molar-refractivity contribution is 5.86. The number of benzene rings is 1. The fourth-order valence-electron chi connectivity index (χ4n) is 1.86. The zero-order chi connectivity index (χ0) is 15.1. The van der Waals surface area contributed by atoms with Crippen LogP contribution in [0.25, 0.3) is 0 Å². The highest BCUT2D eigenvalue weighted by atomic mass is 16.5. The lowest BCUT2D eigenvalue weighted by molar-refractivity contribution is -0.00866. The van der Waals surface area contributed by atoms with E-state index < -0.39 is 5.97 Å². The van der Waals surface area contributed by atoms with Crippen LogP contribution < -0.4 is 0 Å². The number of nitrogens with zero attached hydrogens (tertiary/aromatic N) is 2. The maximum Gasteiger partial charge on any atom is 0.338 e. The van der Waals surface area contributed by atoms with Gasteiger partial charge in [-0.25, -0.2) is 4.79 Å². The second-order valence-corrected chi connectivity index (χ2v) is 5.06. The topological polar surface area (TPSA) is 64.4 Å². The van der Waals surface area contributed by atoms with Crippen LogP contribution in [0.1, 0.15) is 35.2 Å². The van der Waals surface area contributed by atoms with Crippen LogP contribution in [0.3, 0.4) is 0 Å². The molecule has 1 aliphatic rings. The molecule has 0 spiro atoms. The Morgan fingerprint density at radius 1 is 1.38 bits per heavy atom. The van der Waals surface area contributed by atoms with Gasteiger partial charge in [-0.05, 0) is 24.8 Å². The second-order valence-electron chi connectivity index (χ2n) is 5.06. The van der Waals surface area contributed by atoms with Gasteiger partial charge in [0.2, 0.25) is 0 Å². The number of hydrogen-bond donors (Lipinski definition) is 1. The molecule has 1 heterocycles. The zero-order valence-corrected chi connectivity index (χ0v) is 12.1. The first kappa shape index (κ1) is 15.3. The third-order valence-electron chi connectivity index (χ3n) is 3.33. The van der Waals surface area contributed by atoms with E-state index in [0.717, 1.165) is 6.61 Å². The molecule has 2 aromatic rings. The molecule has 0 unspecified atom stereocenters. The van der Waals surface area contributed by atoms with Gasteiger partial charge < -0.3 is 9.84 Å². The zero-order valence-electron chi connectivity index (χ0n) is 12.1. The third-order valence-corrected chi connectivity index (χ3v) is 3.33. The van der Waals surface area contributed by atoms with Crippen LogP contribution in [0.4, 0.5) is 0 Å². The van der Waals surface area contributed by atoms with Crippen molar-refractivity contribution < 1.29 is 14.6 Å². The monoisotopic (exact) mass is 288 g/mol. The molecule has 0 saturated heterocycles. The first-order chi connectivity index (χ1) is 10.1. The molecule has 112 valence electrons. The number of aryl methyl sites for hydroxylation is 1. The second kappa shape index (κ2) is 7.59. The first-order valence-electron chi connectivity index (χ1n) is 7.02. The molecule has 21 heavy (non-hydrogen) atoms. The molecule has 1 aromatic heterocycles. The summed E-state index contributed by atoms with van der Waals surface area (Å²) in [4.78, 5) is 10.2. The van der Waals surface area contributed by atoms with E-state index in [1.165, 1.54) is 41.9 Å². The van der Waals surface area contributed by atoms with Gasteiger partial charge in [0.1, 0.15) is 0 Å². The average Bonchev–Trinajstić information content (AvgIpc) is 2.86. The van der Waals surface area contributed by atoms with Crippen molar-refractivity contribution >= 4 is 5.97 Å². The van der Waals surface area contributed by atoms with E-state index in [1.54, 1.807) is 7.05 Å². The fraction of sp³-hybridized carbons (Fsp3) is 0.375. The Bertz CT molecular complexity index is 562. The summed E-state index contributed by atoms with van der Waals surface area (Å²) < 4.78 is 7.11. The number of hydrogen-bond acceptors (Lipinski definition) is 3. The van der Waals surface area contributed by atoms with E-state index in [2.05, 4.69) is 29.4 Å². The summed E-state index contributed by atoms with van der Waals surface area (Å²) in [6.07, 6.45) is 7.16. The average molecular weight is 288 g/mol. The number of ether oxygens (including phenoxy) is 1. The van der Waals surface area contributed by atoms with E-state index in [1.807, 2.05) is 6.07 Å². The predicted octanol–water partition coefficient (Wildman–Crippen LogP) is 2.87. The van der Waals surface area contributed by atoms with E-state index >= 15 is 0 Å². The van der Waals surface area contributed by atoms with Crippen LogP contribution in [-0.2, 0) is 18.4 Å². The van der Waals surface area contributed by atoms with Gasteiger partial charge in [-0.1, -0.05) is 30.3 Å². The van der Waals surface area contributed by atoms with Crippen molar-refractivity contribution in [2.75, 3.05) is 0 Å². The lowest BCUT2D eigenvalue weighted by Crippen LogP contribution is -2.21. The summed E-state index contributed by atoms with van der Waals surface area (Å²) in [5, 5.41) is 12.0.